The summed E-state index contributed by atoms with van der Waals surface area (Å²) in [6, 6.07) is 0.224. The Morgan fingerprint density at radius 3 is 2.62 bits per heavy atom. The number of nitrogens with zero attached hydrogens (tertiary/aromatic N) is 3. The lowest BCUT2D eigenvalue weighted by molar-refractivity contribution is -0.136. The van der Waals surface area contributed by atoms with E-state index in [2.05, 4.69) is 4.90 Å². The fourth-order valence-corrected chi connectivity index (χ4v) is 3.11. The summed E-state index contributed by atoms with van der Waals surface area (Å²) in [6.45, 7) is 3.79. The molecular formula is C15H28N4O2. The van der Waals surface area contributed by atoms with Crippen molar-refractivity contribution in [2.45, 2.75) is 31.7 Å². The van der Waals surface area contributed by atoms with Crippen LogP contribution in [0.5, 0.6) is 0 Å². The van der Waals surface area contributed by atoms with Crippen LogP contribution < -0.4 is 5.73 Å². The van der Waals surface area contributed by atoms with Gasteiger partial charge in [-0.05, 0) is 39.9 Å². The van der Waals surface area contributed by atoms with Crippen LogP contribution in [0.3, 0.4) is 0 Å². The molecule has 0 aromatic rings. The molecule has 0 aliphatic carbocycles. The third-order valence-corrected chi connectivity index (χ3v) is 4.45. The van der Waals surface area contributed by atoms with Crippen LogP contribution in [0, 0.1) is 5.92 Å². The maximum atomic E-state index is 12.5. The topological polar surface area (TPSA) is 69.9 Å². The van der Waals surface area contributed by atoms with E-state index >= 15 is 0 Å². The van der Waals surface area contributed by atoms with Crippen LogP contribution in [0.2, 0.25) is 0 Å². The standard InChI is InChI=1S/C15H28N4O2/c1-17(2)6-3-7-19-11-12(10-14(19)20)15(21)18-8-4-13(16)5-9-18/h12-13H,3-11,16H2,1-2H3. The molecule has 2 saturated heterocycles. The number of rotatable bonds is 5. The molecule has 2 rings (SSSR count). The number of carbonyl (C=O) groups is 2. The molecule has 0 aromatic heterocycles. The Bertz CT molecular complexity index is 378. The van der Waals surface area contributed by atoms with E-state index in [1.54, 1.807) is 0 Å². The fraction of sp³-hybridized carbons (Fsp3) is 0.867. The van der Waals surface area contributed by atoms with E-state index in [0.717, 1.165) is 45.4 Å². The minimum absolute atomic E-state index is 0.126. The van der Waals surface area contributed by atoms with Gasteiger partial charge >= 0.3 is 0 Å². The Kier molecular flexibility index (Phi) is 5.58. The zero-order valence-electron chi connectivity index (χ0n) is 13.3. The lowest BCUT2D eigenvalue weighted by Gasteiger charge is -2.31. The van der Waals surface area contributed by atoms with Gasteiger partial charge in [-0.15, -0.1) is 0 Å². The van der Waals surface area contributed by atoms with Gasteiger partial charge in [-0.1, -0.05) is 0 Å². The highest BCUT2D eigenvalue weighted by atomic mass is 16.2. The summed E-state index contributed by atoms with van der Waals surface area (Å²) in [5.74, 6) is 0.123. The molecule has 2 fully saturated rings. The van der Waals surface area contributed by atoms with Crippen LogP contribution in [-0.2, 0) is 9.59 Å². The Labute approximate surface area is 127 Å². The molecule has 2 N–H and O–H groups in total. The summed E-state index contributed by atoms with van der Waals surface area (Å²) in [5, 5.41) is 0. The quantitative estimate of drug-likeness (QED) is 0.759. The van der Waals surface area contributed by atoms with Crippen LogP contribution in [0.4, 0.5) is 0 Å². The summed E-state index contributed by atoms with van der Waals surface area (Å²) in [5.41, 5.74) is 5.87. The molecule has 0 spiro atoms. The van der Waals surface area contributed by atoms with Crippen LogP contribution in [-0.4, -0.2) is 79.4 Å². The van der Waals surface area contributed by atoms with Crippen LogP contribution in [0.25, 0.3) is 0 Å². The third-order valence-electron chi connectivity index (χ3n) is 4.45. The van der Waals surface area contributed by atoms with Gasteiger partial charge in [-0.25, -0.2) is 0 Å². The first-order valence-corrected chi connectivity index (χ1v) is 7.94. The second kappa shape index (κ2) is 7.22. The Hall–Kier alpha value is -1.14. The van der Waals surface area contributed by atoms with E-state index in [0.29, 0.717) is 13.0 Å². The summed E-state index contributed by atoms with van der Waals surface area (Å²) in [6.07, 6.45) is 3.08. The third kappa shape index (κ3) is 4.41. The molecule has 1 unspecified atom stereocenters. The van der Waals surface area contributed by atoms with Crippen molar-refractivity contribution in [2.24, 2.45) is 11.7 Å². The molecule has 1 atom stereocenters. The lowest BCUT2D eigenvalue weighted by Crippen LogP contribution is -2.45. The molecule has 2 aliphatic rings. The lowest BCUT2D eigenvalue weighted by atomic mass is 10.0. The highest BCUT2D eigenvalue weighted by Crippen LogP contribution is 2.22. The average Bonchev–Trinajstić information content (AvgIpc) is 2.80. The molecule has 2 aliphatic heterocycles. The first kappa shape index (κ1) is 16.2. The molecule has 0 saturated carbocycles. The molecule has 120 valence electrons. The number of nitrogens with two attached hydrogens (primary N) is 1. The summed E-state index contributed by atoms with van der Waals surface area (Å²) < 4.78 is 0. The first-order valence-electron chi connectivity index (χ1n) is 7.94. The first-order chi connectivity index (χ1) is 9.97. The van der Waals surface area contributed by atoms with Crippen molar-refractivity contribution in [3.05, 3.63) is 0 Å². The predicted molar refractivity (Wildman–Crippen MR) is 81.6 cm³/mol. The molecule has 21 heavy (non-hydrogen) atoms. The number of likely N-dealkylation sites (tertiary alicyclic amines) is 2. The maximum absolute atomic E-state index is 12.5. The Morgan fingerprint density at radius 2 is 2.00 bits per heavy atom. The fourth-order valence-electron chi connectivity index (χ4n) is 3.11. The molecule has 2 amide bonds. The highest BCUT2D eigenvalue weighted by molar-refractivity contribution is 5.89. The molecule has 6 nitrogen and oxygen atoms in total. The number of carbonyl (C=O) groups excluding carboxylic acids is 2. The van der Waals surface area contributed by atoms with Gasteiger partial charge < -0.3 is 20.4 Å². The Morgan fingerprint density at radius 1 is 1.33 bits per heavy atom. The van der Waals surface area contributed by atoms with Crippen molar-refractivity contribution in [3.8, 4) is 0 Å². The monoisotopic (exact) mass is 296 g/mol. The van der Waals surface area contributed by atoms with Gasteiger partial charge in [-0.2, -0.15) is 0 Å². The van der Waals surface area contributed by atoms with Crippen LogP contribution in [0.15, 0.2) is 0 Å². The maximum Gasteiger partial charge on any atom is 0.227 e. The summed E-state index contributed by atoms with van der Waals surface area (Å²) in [4.78, 5) is 30.4. The smallest absolute Gasteiger partial charge is 0.227 e. The number of piperidine rings is 1. The number of hydrogen-bond acceptors (Lipinski definition) is 4. The molecule has 2 heterocycles. The minimum Gasteiger partial charge on any atom is -0.342 e. The zero-order valence-corrected chi connectivity index (χ0v) is 13.3. The molecular weight excluding hydrogens is 268 g/mol. The van der Waals surface area contributed by atoms with Gasteiger partial charge in [0.2, 0.25) is 11.8 Å². The molecule has 0 radical (unpaired) electrons. The van der Waals surface area contributed by atoms with E-state index in [1.165, 1.54) is 0 Å². The zero-order chi connectivity index (χ0) is 15.4. The van der Waals surface area contributed by atoms with Gasteiger partial charge in [0.05, 0.1) is 5.92 Å². The van der Waals surface area contributed by atoms with Crippen LogP contribution >= 0.6 is 0 Å². The molecule has 6 heteroatoms. The van der Waals surface area contributed by atoms with Gasteiger partial charge in [0, 0.05) is 38.6 Å². The van der Waals surface area contributed by atoms with Crippen molar-refractivity contribution in [2.75, 3.05) is 46.8 Å². The largest absolute Gasteiger partial charge is 0.342 e. The predicted octanol–water partition coefficient (Wildman–Crippen LogP) is -0.264. The van der Waals surface area contributed by atoms with Gasteiger partial charge in [-0.3, -0.25) is 9.59 Å². The second-order valence-corrected chi connectivity index (χ2v) is 6.56. The van der Waals surface area contributed by atoms with Crippen molar-refractivity contribution in [3.63, 3.8) is 0 Å². The molecule has 0 aromatic carbocycles. The van der Waals surface area contributed by atoms with Crippen molar-refractivity contribution < 1.29 is 9.59 Å². The highest BCUT2D eigenvalue weighted by Gasteiger charge is 2.36. The average molecular weight is 296 g/mol. The second-order valence-electron chi connectivity index (χ2n) is 6.56. The van der Waals surface area contributed by atoms with Crippen molar-refractivity contribution >= 4 is 11.8 Å². The van der Waals surface area contributed by atoms with E-state index < -0.39 is 0 Å². The molecule has 0 bridgehead atoms. The van der Waals surface area contributed by atoms with Gasteiger partial charge in [0.25, 0.3) is 0 Å². The van der Waals surface area contributed by atoms with Crippen molar-refractivity contribution in [1.29, 1.82) is 0 Å². The van der Waals surface area contributed by atoms with E-state index in [4.69, 9.17) is 5.73 Å². The van der Waals surface area contributed by atoms with E-state index in [1.807, 2.05) is 23.9 Å². The minimum atomic E-state index is -0.147. The normalized spacial score (nSPS) is 24.2. The number of amides is 2. The summed E-state index contributed by atoms with van der Waals surface area (Å²) in [7, 11) is 4.05. The van der Waals surface area contributed by atoms with Gasteiger partial charge in [0.1, 0.15) is 0 Å². The van der Waals surface area contributed by atoms with E-state index in [9.17, 15) is 9.59 Å². The SMILES string of the molecule is CN(C)CCCN1CC(C(=O)N2CCC(N)CC2)CC1=O. The van der Waals surface area contributed by atoms with E-state index in [-0.39, 0.29) is 23.8 Å². The van der Waals surface area contributed by atoms with Gasteiger partial charge in [0.15, 0.2) is 0 Å². The Balaban J connectivity index is 1.80. The van der Waals surface area contributed by atoms with Crippen molar-refractivity contribution in [1.82, 2.24) is 14.7 Å². The summed E-state index contributed by atoms with van der Waals surface area (Å²) >= 11 is 0. The van der Waals surface area contributed by atoms with Crippen LogP contribution in [0.1, 0.15) is 25.7 Å². The number of hydrogen-bond donors (Lipinski definition) is 1.